The Hall–Kier alpha value is -3.25. The lowest BCUT2D eigenvalue weighted by atomic mass is 10.0. The van der Waals surface area contributed by atoms with Gasteiger partial charge in [0.1, 0.15) is 5.56 Å². The van der Waals surface area contributed by atoms with Crippen molar-refractivity contribution in [3.8, 4) is 0 Å². The molecule has 0 radical (unpaired) electrons. The molecule has 0 aliphatic carbocycles. The van der Waals surface area contributed by atoms with E-state index in [2.05, 4.69) is 27.0 Å². The number of nitrogens with one attached hydrogen (secondary N) is 1. The monoisotopic (exact) mass is 445 g/mol. The standard InChI is InChI=1S/C27H31N3O3/c1-20-18-25(31)26(27(32)29-16-14-22-10-5-6-15-28-22)24(13-12-21-8-3-2-4-9-21)30(20)19-23-11-7-17-33-23/h2-6,8-10,15,18,23H,7,11-14,16-17,19H2,1H3,(H,29,32)/t23-/m1/s1. The van der Waals surface area contributed by atoms with Crippen LogP contribution in [-0.4, -0.2) is 34.7 Å². The Kier molecular flexibility index (Phi) is 7.68. The van der Waals surface area contributed by atoms with E-state index in [-0.39, 0.29) is 23.0 Å². The predicted molar refractivity (Wildman–Crippen MR) is 129 cm³/mol. The second-order valence-electron chi connectivity index (χ2n) is 8.53. The minimum absolute atomic E-state index is 0.113. The van der Waals surface area contributed by atoms with E-state index in [0.29, 0.717) is 25.9 Å². The molecule has 0 unspecified atom stereocenters. The number of nitrogens with zero attached hydrogens (tertiary/aromatic N) is 2. The number of hydrogen-bond donors (Lipinski definition) is 1. The van der Waals surface area contributed by atoms with Gasteiger partial charge in [-0.05, 0) is 50.3 Å². The van der Waals surface area contributed by atoms with Gasteiger partial charge in [0, 0.05) is 55.5 Å². The number of aryl methyl sites for hydroxylation is 2. The molecule has 1 aliphatic rings. The fraction of sp³-hybridized carbons (Fsp3) is 0.370. The van der Waals surface area contributed by atoms with Crippen LogP contribution in [0.3, 0.4) is 0 Å². The average molecular weight is 446 g/mol. The highest BCUT2D eigenvalue weighted by molar-refractivity contribution is 5.95. The molecule has 1 atom stereocenters. The molecule has 6 heteroatoms. The van der Waals surface area contributed by atoms with Gasteiger partial charge in [-0.2, -0.15) is 0 Å². The minimum Gasteiger partial charge on any atom is -0.376 e. The molecule has 3 aromatic rings. The van der Waals surface area contributed by atoms with Gasteiger partial charge in [0.25, 0.3) is 5.91 Å². The molecule has 1 N–H and O–H groups in total. The molecule has 4 rings (SSSR count). The van der Waals surface area contributed by atoms with E-state index in [0.717, 1.165) is 43.0 Å². The summed E-state index contributed by atoms with van der Waals surface area (Å²) in [4.78, 5) is 30.5. The molecule has 1 fully saturated rings. The highest BCUT2D eigenvalue weighted by Gasteiger charge is 2.23. The molecule has 33 heavy (non-hydrogen) atoms. The summed E-state index contributed by atoms with van der Waals surface area (Å²) >= 11 is 0. The van der Waals surface area contributed by atoms with E-state index in [9.17, 15) is 9.59 Å². The predicted octanol–water partition coefficient (Wildman–Crippen LogP) is 3.49. The highest BCUT2D eigenvalue weighted by atomic mass is 16.5. The molecule has 172 valence electrons. The summed E-state index contributed by atoms with van der Waals surface area (Å²) in [5, 5.41) is 2.94. The summed E-state index contributed by atoms with van der Waals surface area (Å²) in [6.07, 6.45) is 5.87. The first-order valence-electron chi connectivity index (χ1n) is 11.7. The third kappa shape index (κ3) is 5.96. The van der Waals surface area contributed by atoms with Gasteiger partial charge in [0.15, 0.2) is 5.43 Å². The van der Waals surface area contributed by atoms with Crippen LogP contribution in [0, 0.1) is 6.92 Å². The molecule has 0 saturated carbocycles. The molecule has 6 nitrogen and oxygen atoms in total. The lowest BCUT2D eigenvalue weighted by Gasteiger charge is -2.22. The highest BCUT2D eigenvalue weighted by Crippen LogP contribution is 2.19. The second kappa shape index (κ2) is 11.1. The van der Waals surface area contributed by atoms with Crippen LogP contribution < -0.4 is 10.7 Å². The van der Waals surface area contributed by atoms with Crippen LogP contribution in [0.25, 0.3) is 0 Å². The zero-order valence-electron chi connectivity index (χ0n) is 19.1. The molecule has 1 saturated heterocycles. The zero-order chi connectivity index (χ0) is 23.0. The number of ether oxygens (including phenoxy) is 1. The molecular formula is C27H31N3O3. The molecule has 3 heterocycles. The zero-order valence-corrected chi connectivity index (χ0v) is 19.1. The largest absolute Gasteiger partial charge is 0.376 e. The number of rotatable bonds is 9. The minimum atomic E-state index is -0.319. The summed E-state index contributed by atoms with van der Waals surface area (Å²) in [5.74, 6) is -0.319. The van der Waals surface area contributed by atoms with Crippen molar-refractivity contribution in [3.63, 3.8) is 0 Å². The topological polar surface area (TPSA) is 73.2 Å². The Balaban J connectivity index is 1.60. The number of pyridine rings is 2. The first-order chi connectivity index (χ1) is 16.1. The van der Waals surface area contributed by atoms with Crippen LogP contribution in [0.2, 0.25) is 0 Å². The first kappa shape index (κ1) is 22.9. The van der Waals surface area contributed by atoms with Crippen molar-refractivity contribution in [1.82, 2.24) is 14.9 Å². The van der Waals surface area contributed by atoms with E-state index in [4.69, 9.17) is 4.74 Å². The van der Waals surface area contributed by atoms with Gasteiger partial charge < -0.3 is 14.6 Å². The Morgan fingerprint density at radius 2 is 1.94 bits per heavy atom. The smallest absolute Gasteiger partial charge is 0.257 e. The lowest BCUT2D eigenvalue weighted by molar-refractivity contribution is 0.0927. The Labute approximate surface area is 194 Å². The first-order valence-corrected chi connectivity index (χ1v) is 11.7. The van der Waals surface area contributed by atoms with E-state index < -0.39 is 0 Å². The number of amides is 1. The number of benzene rings is 1. The van der Waals surface area contributed by atoms with Gasteiger partial charge in [0.2, 0.25) is 0 Å². The number of hydrogen-bond acceptors (Lipinski definition) is 4. The van der Waals surface area contributed by atoms with Crippen molar-refractivity contribution < 1.29 is 9.53 Å². The molecular weight excluding hydrogens is 414 g/mol. The van der Waals surface area contributed by atoms with E-state index in [1.807, 2.05) is 43.3 Å². The Morgan fingerprint density at radius 3 is 2.67 bits per heavy atom. The third-order valence-electron chi connectivity index (χ3n) is 6.15. The van der Waals surface area contributed by atoms with Gasteiger partial charge >= 0.3 is 0 Å². The lowest BCUT2D eigenvalue weighted by Crippen LogP contribution is -2.35. The number of carbonyl (C=O) groups is 1. The summed E-state index contributed by atoms with van der Waals surface area (Å²) in [6, 6.07) is 17.5. The van der Waals surface area contributed by atoms with Crippen molar-refractivity contribution in [2.45, 2.75) is 51.7 Å². The van der Waals surface area contributed by atoms with Gasteiger partial charge in [0.05, 0.1) is 6.10 Å². The molecule has 1 aliphatic heterocycles. The van der Waals surface area contributed by atoms with Crippen LogP contribution in [0.15, 0.2) is 65.6 Å². The van der Waals surface area contributed by atoms with Crippen molar-refractivity contribution in [1.29, 1.82) is 0 Å². The quantitative estimate of drug-likeness (QED) is 0.547. The molecule has 1 amide bonds. The summed E-state index contributed by atoms with van der Waals surface area (Å²) in [6.45, 7) is 3.78. The maximum atomic E-state index is 13.2. The average Bonchev–Trinajstić information content (AvgIpc) is 3.34. The second-order valence-corrected chi connectivity index (χ2v) is 8.53. The maximum absolute atomic E-state index is 13.2. The van der Waals surface area contributed by atoms with Crippen LogP contribution in [0.1, 0.15) is 45.8 Å². The fourth-order valence-corrected chi connectivity index (χ4v) is 4.42. The van der Waals surface area contributed by atoms with Crippen molar-refractivity contribution in [3.05, 3.63) is 99.2 Å². The normalized spacial score (nSPS) is 15.5. The van der Waals surface area contributed by atoms with Crippen molar-refractivity contribution in [2.75, 3.05) is 13.2 Å². The van der Waals surface area contributed by atoms with Crippen LogP contribution >= 0.6 is 0 Å². The van der Waals surface area contributed by atoms with Crippen LogP contribution in [0.4, 0.5) is 0 Å². The fourth-order valence-electron chi connectivity index (χ4n) is 4.42. The van der Waals surface area contributed by atoms with Gasteiger partial charge in [-0.15, -0.1) is 0 Å². The summed E-state index contributed by atoms with van der Waals surface area (Å²) in [5.41, 5.74) is 3.75. The van der Waals surface area contributed by atoms with Gasteiger partial charge in [-0.3, -0.25) is 14.6 Å². The molecule has 0 bridgehead atoms. The third-order valence-corrected chi connectivity index (χ3v) is 6.15. The number of carbonyl (C=O) groups excluding carboxylic acids is 1. The van der Waals surface area contributed by atoms with Crippen molar-refractivity contribution in [2.24, 2.45) is 0 Å². The van der Waals surface area contributed by atoms with E-state index >= 15 is 0 Å². The van der Waals surface area contributed by atoms with E-state index in [1.165, 1.54) is 5.56 Å². The Bertz CT molecular complexity index is 1120. The molecule has 2 aromatic heterocycles. The van der Waals surface area contributed by atoms with Crippen molar-refractivity contribution >= 4 is 5.91 Å². The summed E-state index contributed by atoms with van der Waals surface area (Å²) < 4.78 is 7.99. The molecule has 1 aromatic carbocycles. The van der Waals surface area contributed by atoms with Gasteiger partial charge in [-0.25, -0.2) is 0 Å². The SMILES string of the molecule is Cc1cc(=O)c(C(=O)NCCc2ccccn2)c(CCc2ccccc2)n1C[C@H]1CCCO1. The molecule has 0 spiro atoms. The van der Waals surface area contributed by atoms with E-state index in [1.54, 1.807) is 12.3 Å². The van der Waals surface area contributed by atoms with Crippen LogP contribution in [-0.2, 0) is 30.5 Å². The Morgan fingerprint density at radius 1 is 1.12 bits per heavy atom. The maximum Gasteiger partial charge on any atom is 0.257 e. The number of aromatic nitrogens is 2. The van der Waals surface area contributed by atoms with Crippen LogP contribution in [0.5, 0.6) is 0 Å². The summed E-state index contributed by atoms with van der Waals surface area (Å²) in [7, 11) is 0. The van der Waals surface area contributed by atoms with Gasteiger partial charge in [-0.1, -0.05) is 36.4 Å².